The van der Waals surface area contributed by atoms with Crippen LogP contribution in [-0.2, 0) is 0 Å². The number of ether oxygens (including phenoxy) is 1. The maximum absolute atomic E-state index is 11.8. The average molecular weight is 263 g/mol. The summed E-state index contributed by atoms with van der Waals surface area (Å²) in [6.07, 6.45) is 4.26. The molecule has 0 saturated carbocycles. The summed E-state index contributed by atoms with van der Waals surface area (Å²) in [6.45, 7) is 4.87. The van der Waals surface area contributed by atoms with Crippen molar-refractivity contribution in [3.63, 3.8) is 0 Å². The Kier molecular flexibility index (Phi) is 7.35. The van der Waals surface area contributed by atoms with E-state index in [-0.39, 0.29) is 12.5 Å². The van der Waals surface area contributed by atoms with Crippen LogP contribution in [0.25, 0.3) is 0 Å². The Hall–Kier alpha value is -1.81. The normalized spacial score (nSPS) is 9.95. The van der Waals surface area contributed by atoms with Gasteiger partial charge in [0.1, 0.15) is 12.4 Å². The van der Waals surface area contributed by atoms with Gasteiger partial charge in [0.2, 0.25) is 0 Å². The highest BCUT2D eigenvalue weighted by Crippen LogP contribution is 2.12. The summed E-state index contributed by atoms with van der Waals surface area (Å²) in [4.78, 5) is 11.8. The number of carbonyl (C=O) groups is 1. The van der Waals surface area contributed by atoms with Crippen LogP contribution in [0.4, 0.5) is 0 Å². The molecule has 0 fully saturated rings. The van der Waals surface area contributed by atoms with Crippen LogP contribution >= 0.6 is 0 Å². The molecule has 2 N–H and O–H groups in total. The van der Waals surface area contributed by atoms with E-state index in [0.29, 0.717) is 18.7 Å². The lowest BCUT2D eigenvalue weighted by Crippen LogP contribution is -2.24. The summed E-state index contributed by atoms with van der Waals surface area (Å²) in [7, 11) is 0. The Morgan fingerprint density at radius 1 is 1.26 bits per heavy atom. The average Bonchev–Trinajstić information content (AvgIpc) is 2.45. The first kappa shape index (κ1) is 15.2. The maximum Gasteiger partial charge on any atom is 0.251 e. The molecule has 0 saturated heterocycles. The van der Waals surface area contributed by atoms with E-state index in [2.05, 4.69) is 11.9 Å². The molecule has 0 atom stereocenters. The molecule has 0 unspecified atom stereocenters. The van der Waals surface area contributed by atoms with Crippen molar-refractivity contribution in [3.8, 4) is 5.75 Å². The van der Waals surface area contributed by atoms with Crippen LogP contribution in [0.15, 0.2) is 36.9 Å². The van der Waals surface area contributed by atoms with E-state index in [9.17, 15) is 4.79 Å². The minimum Gasteiger partial charge on any atom is -0.490 e. The number of aliphatic hydroxyl groups is 1. The first-order chi connectivity index (χ1) is 9.27. The number of aliphatic hydroxyl groups excluding tert-OH is 1. The summed E-state index contributed by atoms with van der Waals surface area (Å²) < 4.78 is 5.34. The third-order valence-corrected chi connectivity index (χ3v) is 2.60. The third kappa shape index (κ3) is 6.06. The van der Waals surface area contributed by atoms with E-state index < -0.39 is 0 Å². The lowest BCUT2D eigenvalue weighted by atomic mass is 10.2. The molecule has 0 heterocycles. The van der Waals surface area contributed by atoms with Gasteiger partial charge in [-0.2, -0.15) is 0 Å². The largest absolute Gasteiger partial charge is 0.490 e. The minimum atomic E-state index is -0.0840. The second kappa shape index (κ2) is 9.16. The maximum atomic E-state index is 11.8. The molecule has 0 bridgehead atoms. The highest BCUT2D eigenvalue weighted by Gasteiger charge is 2.04. The van der Waals surface area contributed by atoms with Crippen molar-refractivity contribution in [2.24, 2.45) is 0 Å². The molecular weight excluding hydrogens is 242 g/mol. The topological polar surface area (TPSA) is 58.6 Å². The number of unbranched alkanes of at least 4 members (excludes halogenated alkanes) is 2. The van der Waals surface area contributed by atoms with Crippen LogP contribution in [-0.4, -0.2) is 30.8 Å². The van der Waals surface area contributed by atoms with Gasteiger partial charge < -0.3 is 15.2 Å². The molecule has 4 nitrogen and oxygen atoms in total. The number of nitrogens with one attached hydrogen (secondary N) is 1. The zero-order valence-electron chi connectivity index (χ0n) is 11.1. The Bertz CT molecular complexity index is 387. The smallest absolute Gasteiger partial charge is 0.251 e. The standard InChI is InChI=1S/C15H21NO3/c1-2-12-19-14-8-6-13(7-9-14)15(18)16-10-4-3-5-11-17/h2,6-9,17H,1,3-5,10-12H2,(H,16,18). The lowest BCUT2D eigenvalue weighted by Gasteiger charge is -2.06. The molecule has 19 heavy (non-hydrogen) atoms. The lowest BCUT2D eigenvalue weighted by molar-refractivity contribution is 0.0953. The van der Waals surface area contributed by atoms with Crippen molar-refractivity contribution in [2.45, 2.75) is 19.3 Å². The van der Waals surface area contributed by atoms with Crippen LogP contribution in [0.5, 0.6) is 5.75 Å². The zero-order chi connectivity index (χ0) is 13.9. The summed E-state index contributed by atoms with van der Waals surface area (Å²) in [5, 5.41) is 11.5. The molecule has 0 aliphatic heterocycles. The van der Waals surface area contributed by atoms with Crippen LogP contribution < -0.4 is 10.1 Å². The van der Waals surface area contributed by atoms with Gasteiger partial charge in [-0.3, -0.25) is 4.79 Å². The van der Waals surface area contributed by atoms with Gasteiger partial charge in [-0.25, -0.2) is 0 Å². The van der Waals surface area contributed by atoms with Crippen LogP contribution in [0.3, 0.4) is 0 Å². The first-order valence-corrected chi connectivity index (χ1v) is 6.50. The summed E-state index contributed by atoms with van der Waals surface area (Å²) in [5.74, 6) is 0.638. The number of amides is 1. The van der Waals surface area contributed by atoms with Crippen LogP contribution in [0.1, 0.15) is 29.6 Å². The summed E-state index contributed by atoms with van der Waals surface area (Å²) in [6, 6.07) is 7.01. The molecule has 0 aliphatic carbocycles. The van der Waals surface area contributed by atoms with Gasteiger partial charge in [-0.05, 0) is 43.5 Å². The molecule has 0 aromatic heterocycles. The Morgan fingerprint density at radius 3 is 2.63 bits per heavy atom. The van der Waals surface area contributed by atoms with E-state index in [1.165, 1.54) is 0 Å². The highest BCUT2D eigenvalue weighted by molar-refractivity contribution is 5.94. The Balaban J connectivity index is 2.33. The van der Waals surface area contributed by atoms with Crippen molar-refractivity contribution in [2.75, 3.05) is 19.8 Å². The van der Waals surface area contributed by atoms with E-state index in [1.807, 2.05) is 0 Å². The first-order valence-electron chi connectivity index (χ1n) is 6.50. The van der Waals surface area contributed by atoms with Crippen molar-refractivity contribution in [3.05, 3.63) is 42.5 Å². The molecule has 1 aromatic rings. The predicted octanol–water partition coefficient (Wildman–Crippen LogP) is 2.14. The molecule has 104 valence electrons. The van der Waals surface area contributed by atoms with Gasteiger partial charge in [-0.15, -0.1) is 0 Å². The van der Waals surface area contributed by atoms with E-state index in [4.69, 9.17) is 9.84 Å². The zero-order valence-corrected chi connectivity index (χ0v) is 11.1. The highest BCUT2D eigenvalue weighted by atomic mass is 16.5. The fraction of sp³-hybridized carbons (Fsp3) is 0.400. The predicted molar refractivity (Wildman–Crippen MR) is 75.4 cm³/mol. The van der Waals surface area contributed by atoms with Crippen molar-refractivity contribution < 1.29 is 14.6 Å². The van der Waals surface area contributed by atoms with Crippen molar-refractivity contribution >= 4 is 5.91 Å². The fourth-order valence-electron chi connectivity index (χ4n) is 1.58. The Labute approximate surface area is 114 Å². The molecule has 0 radical (unpaired) electrons. The second-order valence-corrected chi connectivity index (χ2v) is 4.16. The molecule has 1 aromatic carbocycles. The molecule has 0 spiro atoms. The molecule has 1 amide bonds. The number of benzene rings is 1. The second-order valence-electron chi connectivity index (χ2n) is 4.16. The van der Waals surface area contributed by atoms with Crippen LogP contribution in [0, 0.1) is 0 Å². The van der Waals surface area contributed by atoms with E-state index >= 15 is 0 Å². The summed E-state index contributed by atoms with van der Waals surface area (Å²) in [5.41, 5.74) is 0.619. The van der Waals surface area contributed by atoms with Gasteiger partial charge >= 0.3 is 0 Å². The third-order valence-electron chi connectivity index (χ3n) is 2.60. The molecular formula is C15H21NO3. The van der Waals surface area contributed by atoms with Crippen LogP contribution in [0.2, 0.25) is 0 Å². The van der Waals surface area contributed by atoms with Gasteiger partial charge in [0, 0.05) is 18.7 Å². The Morgan fingerprint density at radius 2 is 2.00 bits per heavy atom. The monoisotopic (exact) mass is 263 g/mol. The van der Waals surface area contributed by atoms with E-state index in [0.717, 1.165) is 25.0 Å². The minimum absolute atomic E-state index is 0.0840. The van der Waals surface area contributed by atoms with Crippen molar-refractivity contribution in [1.29, 1.82) is 0 Å². The molecule has 4 heteroatoms. The van der Waals surface area contributed by atoms with Gasteiger partial charge in [0.25, 0.3) is 5.91 Å². The quantitative estimate of drug-likeness (QED) is 0.530. The number of hydrogen-bond acceptors (Lipinski definition) is 3. The molecule has 0 aliphatic rings. The van der Waals surface area contributed by atoms with E-state index in [1.54, 1.807) is 30.3 Å². The fourth-order valence-corrected chi connectivity index (χ4v) is 1.58. The SMILES string of the molecule is C=CCOc1ccc(C(=O)NCCCCCO)cc1. The van der Waals surface area contributed by atoms with Gasteiger partial charge in [0.05, 0.1) is 0 Å². The van der Waals surface area contributed by atoms with Crippen molar-refractivity contribution in [1.82, 2.24) is 5.32 Å². The van der Waals surface area contributed by atoms with Gasteiger partial charge in [-0.1, -0.05) is 12.7 Å². The number of rotatable bonds is 9. The number of hydrogen-bond donors (Lipinski definition) is 2. The van der Waals surface area contributed by atoms with Gasteiger partial charge in [0.15, 0.2) is 0 Å². The number of carbonyl (C=O) groups excluding carboxylic acids is 1. The molecule has 1 rings (SSSR count). The summed E-state index contributed by atoms with van der Waals surface area (Å²) >= 11 is 0.